The molecule has 0 spiro atoms. The molecule has 1 aliphatic heterocycles. The average Bonchev–Trinajstić information content (AvgIpc) is 2.83. The fourth-order valence-corrected chi connectivity index (χ4v) is 2.23. The number of amides is 1. The Hall–Kier alpha value is -1.86. The number of methoxy groups -OCH3 is 1. The number of hydrogen-bond acceptors (Lipinski definition) is 5. The van der Waals surface area contributed by atoms with Crippen LogP contribution in [0.3, 0.4) is 0 Å². The van der Waals surface area contributed by atoms with Gasteiger partial charge in [-0.05, 0) is 19.1 Å². The standard InChI is InChI=1S/C13H17NO6/c1-8-3-4-9(20-8)11-12(13(16)17)19-7-10(15)14(11)5-6-18-2/h3-4,11-12H,5-7H2,1-2H3,(H,16,17). The summed E-state index contributed by atoms with van der Waals surface area (Å²) >= 11 is 0. The summed E-state index contributed by atoms with van der Waals surface area (Å²) in [5.41, 5.74) is 0. The smallest absolute Gasteiger partial charge is 0.335 e. The van der Waals surface area contributed by atoms with Crippen LogP contribution >= 0.6 is 0 Å². The van der Waals surface area contributed by atoms with Gasteiger partial charge in [0.1, 0.15) is 24.2 Å². The summed E-state index contributed by atoms with van der Waals surface area (Å²) in [6.07, 6.45) is -1.14. The van der Waals surface area contributed by atoms with Crippen molar-refractivity contribution in [2.45, 2.75) is 19.1 Å². The van der Waals surface area contributed by atoms with Gasteiger partial charge < -0.3 is 23.9 Å². The lowest BCUT2D eigenvalue weighted by atomic mass is 10.0. The van der Waals surface area contributed by atoms with Crippen LogP contribution in [0, 0.1) is 6.92 Å². The number of morpholine rings is 1. The number of ether oxygens (including phenoxy) is 2. The molecular formula is C13H17NO6. The number of furan rings is 1. The molecule has 1 N–H and O–H groups in total. The maximum Gasteiger partial charge on any atom is 0.335 e. The van der Waals surface area contributed by atoms with Crippen LogP contribution in [0.1, 0.15) is 17.6 Å². The number of nitrogens with zero attached hydrogens (tertiary/aromatic N) is 1. The normalized spacial score (nSPS) is 23.1. The molecule has 7 nitrogen and oxygen atoms in total. The molecule has 110 valence electrons. The van der Waals surface area contributed by atoms with Crippen molar-refractivity contribution < 1.29 is 28.6 Å². The van der Waals surface area contributed by atoms with Crippen molar-refractivity contribution in [3.63, 3.8) is 0 Å². The Morgan fingerprint density at radius 2 is 2.30 bits per heavy atom. The first-order valence-electron chi connectivity index (χ1n) is 6.23. The second-order valence-corrected chi connectivity index (χ2v) is 4.54. The third kappa shape index (κ3) is 2.83. The molecule has 2 heterocycles. The van der Waals surface area contributed by atoms with E-state index in [2.05, 4.69) is 0 Å². The second-order valence-electron chi connectivity index (χ2n) is 4.54. The number of carbonyl (C=O) groups excluding carboxylic acids is 1. The maximum absolute atomic E-state index is 12.0. The number of carboxylic acid groups (broad SMARTS) is 1. The van der Waals surface area contributed by atoms with Gasteiger partial charge in [-0.15, -0.1) is 0 Å². The first kappa shape index (κ1) is 14.5. The van der Waals surface area contributed by atoms with E-state index in [-0.39, 0.29) is 19.1 Å². The minimum absolute atomic E-state index is 0.253. The molecule has 2 unspecified atom stereocenters. The molecule has 0 aliphatic carbocycles. The van der Waals surface area contributed by atoms with E-state index in [0.717, 1.165) is 0 Å². The summed E-state index contributed by atoms with van der Waals surface area (Å²) in [6.45, 7) is 2.10. The van der Waals surface area contributed by atoms with Crippen LogP contribution in [-0.2, 0) is 19.1 Å². The number of aliphatic carboxylic acids is 1. The summed E-state index contributed by atoms with van der Waals surface area (Å²) in [7, 11) is 1.52. The molecule has 7 heteroatoms. The Kier molecular flexibility index (Phi) is 4.41. The SMILES string of the molecule is COCCN1C(=O)COC(C(=O)O)C1c1ccc(C)o1. The van der Waals surface area contributed by atoms with Crippen LogP contribution in [0.25, 0.3) is 0 Å². The fraction of sp³-hybridized carbons (Fsp3) is 0.538. The summed E-state index contributed by atoms with van der Waals surface area (Å²) in [6, 6.07) is 2.61. The van der Waals surface area contributed by atoms with Gasteiger partial charge in [0.15, 0.2) is 6.10 Å². The van der Waals surface area contributed by atoms with Gasteiger partial charge in [0.25, 0.3) is 0 Å². The van der Waals surface area contributed by atoms with Gasteiger partial charge in [0.2, 0.25) is 5.91 Å². The van der Waals surface area contributed by atoms with Gasteiger partial charge in [-0.3, -0.25) is 4.79 Å². The maximum atomic E-state index is 12.0. The molecule has 1 amide bonds. The Morgan fingerprint density at radius 1 is 1.55 bits per heavy atom. The highest BCUT2D eigenvalue weighted by molar-refractivity contribution is 5.82. The van der Waals surface area contributed by atoms with Crippen molar-refractivity contribution >= 4 is 11.9 Å². The van der Waals surface area contributed by atoms with Crippen molar-refractivity contribution in [3.05, 3.63) is 23.7 Å². The predicted octanol–water partition coefficient (Wildman–Crippen LogP) is 0.588. The number of carboxylic acids is 1. The van der Waals surface area contributed by atoms with Crippen LogP contribution in [0.15, 0.2) is 16.5 Å². The molecule has 1 fully saturated rings. The van der Waals surface area contributed by atoms with Gasteiger partial charge >= 0.3 is 5.97 Å². The van der Waals surface area contributed by atoms with E-state index in [9.17, 15) is 14.7 Å². The minimum Gasteiger partial charge on any atom is -0.479 e. The molecule has 1 aromatic heterocycles. The summed E-state index contributed by atoms with van der Waals surface area (Å²) < 4.78 is 15.6. The second kappa shape index (κ2) is 6.06. The van der Waals surface area contributed by atoms with Crippen molar-refractivity contribution in [2.75, 3.05) is 26.9 Å². The zero-order valence-corrected chi connectivity index (χ0v) is 11.4. The first-order chi connectivity index (χ1) is 9.54. The van der Waals surface area contributed by atoms with Crippen LogP contribution in [-0.4, -0.2) is 54.9 Å². The summed E-state index contributed by atoms with van der Waals surface area (Å²) in [5, 5.41) is 9.27. The Balaban J connectivity index is 2.33. The third-order valence-electron chi connectivity index (χ3n) is 3.16. The predicted molar refractivity (Wildman–Crippen MR) is 67.2 cm³/mol. The van der Waals surface area contributed by atoms with E-state index in [1.54, 1.807) is 19.1 Å². The molecule has 0 saturated carbocycles. The summed E-state index contributed by atoms with van der Waals surface area (Å²) in [5.74, 6) is -0.356. The molecule has 2 rings (SSSR count). The minimum atomic E-state index is -1.14. The highest BCUT2D eigenvalue weighted by Gasteiger charge is 2.43. The van der Waals surface area contributed by atoms with E-state index in [0.29, 0.717) is 18.1 Å². The summed E-state index contributed by atoms with van der Waals surface area (Å²) in [4.78, 5) is 24.7. The molecule has 1 saturated heterocycles. The van der Waals surface area contributed by atoms with E-state index >= 15 is 0 Å². The number of rotatable bonds is 5. The number of carbonyl (C=O) groups is 2. The molecule has 0 bridgehead atoms. The molecule has 20 heavy (non-hydrogen) atoms. The number of aryl methyl sites for hydroxylation is 1. The quantitative estimate of drug-likeness (QED) is 0.850. The van der Waals surface area contributed by atoms with Gasteiger partial charge in [-0.1, -0.05) is 0 Å². The van der Waals surface area contributed by atoms with Crippen molar-refractivity contribution in [2.24, 2.45) is 0 Å². The van der Waals surface area contributed by atoms with Crippen molar-refractivity contribution in [3.8, 4) is 0 Å². The van der Waals surface area contributed by atoms with Crippen molar-refractivity contribution in [1.29, 1.82) is 0 Å². The fourth-order valence-electron chi connectivity index (χ4n) is 2.23. The Bertz CT molecular complexity index is 497. The topological polar surface area (TPSA) is 89.2 Å². The lowest BCUT2D eigenvalue weighted by Gasteiger charge is -2.37. The van der Waals surface area contributed by atoms with Crippen molar-refractivity contribution in [1.82, 2.24) is 4.90 Å². The van der Waals surface area contributed by atoms with Gasteiger partial charge in [0, 0.05) is 13.7 Å². The zero-order chi connectivity index (χ0) is 14.7. The van der Waals surface area contributed by atoms with Crippen LogP contribution in [0.2, 0.25) is 0 Å². The van der Waals surface area contributed by atoms with E-state index < -0.39 is 18.1 Å². The highest BCUT2D eigenvalue weighted by Crippen LogP contribution is 2.31. The van der Waals surface area contributed by atoms with E-state index in [1.165, 1.54) is 12.0 Å². The van der Waals surface area contributed by atoms with Gasteiger partial charge in [-0.2, -0.15) is 0 Å². The van der Waals surface area contributed by atoms with E-state index in [4.69, 9.17) is 13.9 Å². The highest BCUT2D eigenvalue weighted by atomic mass is 16.5. The van der Waals surface area contributed by atoms with Crippen LogP contribution in [0.5, 0.6) is 0 Å². The van der Waals surface area contributed by atoms with Crippen LogP contribution < -0.4 is 0 Å². The Labute approximate surface area is 116 Å². The lowest BCUT2D eigenvalue weighted by Crippen LogP contribution is -2.52. The molecule has 1 aliphatic rings. The first-order valence-corrected chi connectivity index (χ1v) is 6.23. The van der Waals surface area contributed by atoms with Crippen LogP contribution in [0.4, 0.5) is 0 Å². The lowest BCUT2D eigenvalue weighted by molar-refractivity contribution is -0.175. The number of hydrogen-bond donors (Lipinski definition) is 1. The molecule has 0 radical (unpaired) electrons. The average molecular weight is 283 g/mol. The molecular weight excluding hydrogens is 266 g/mol. The largest absolute Gasteiger partial charge is 0.479 e. The van der Waals surface area contributed by atoms with Gasteiger partial charge in [0.05, 0.1) is 6.61 Å². The zero-order valence-electron chi connectivity index (χ0n) is 11.4. The third-order valence-corrected chi connectivity index (χ3v) is 3.16. The molecule has 0 aromatic carbocycles. The monoisotopic (exact) mass is 283 g/mol. The van der Waals surface area contributed by atoms with E-state index in [1.807, 2.05) is 0 Å². The molecule has 1 aromatic rings. The van der Waals surface area contributed by atoms with Gasteiger partial charge in [-0.25, -0.2) is 4.79 Å². The Morgan fingerprint density at radius 3 is 2.85 bits per heavy atom. The molecule has 2 atom stereocenters.